The molecule has 0 aliphatic rings. The summed E-state index contributed by atoms with van der Waals surface area (Å²) in [5.41, 5.74) is 0. The quantitative estimate of drug-likeness (QED) is 0.864. The molecule has 1 unspecified atom stereocenters. The number of carboxylic acids is 1. The monoisotopic (exact) mass is 230 g/mol. The molecule has 88 valence electrons. The number of hydrogen-bond acceptors (Lipinski definition) is 2. The Kier molecular flexibility index (Phi) is 3.82. The average Bonchev–Trinajstić information content (AvgIpc) is 2.11. The maximum absolute atomic E-state index is 12.8. The smallest absolute Gasteiger partial charge is 0.345 e. The molecule has 0 saturated heterocycles. The van der Waals surface area contributed by atoms with Crippen LogP contribution in [0.15, 0.2) is 18.2 Å². The topological polar surface area (TPSA) is 46.5 Å². The molecule has 3 nitrogen and oxygen atoms in total. The van der Waals surface area contributed by atoms with E-state index < -0.39 is 23.7 Å². The van der Waals surface area contributed by atoms with Crippen molar-refractivity contribution in [3.05, 3.63) is 29.8 Å². The number of carbonyl (C=O) groups is 1. The molecule has 16 heavy (non-hydrogen) atoms. The summed E-state index contributed by atoms with van der Waals surface area (Å²) in [6, 6.07) is 2.58. The molecule has 5 heteroatoms. The Hall–Kier alpha value is -1.65. The predicted molar refractivity (Wildman–Crippen MR) is 53.2 cm³/mol. The molecule has 1 N–H and O–H groups in total. The summed E-state index contributed by atoms with van der Waals surface area (Å²) in [6.07, 6.45) is -1.12. The van der Waals surface area contributed by atoms with E-state index in [2.05, 4.69) is 0 Å². The van der Waals surface area contributed by atoms with Crippen molar-refractivity contribution in [1.82, 2.24) is 0 Å². The van der Waals surface area contributed by atoms with Gasteiger partial charge in [-0.1, -0.05) is 13.8 Å². The molecule has 0 aliphatic heterocycles. The summed E-state index contributed by atoms with van der Waals surface area (Å²) in [5.74, 6) is -3.20. The van der Waals surface area contributed by atoms with Crippen LogP contribution in [0.5, 0.6) is 5.75 Å². The van der Waals surface area contributed by atoms with Crippen LogP contribution in [0.25, 0.3) is 0 Å². The lowest BCUT2D eigenvalue weighted by molar-refractivity contribution is -0.147. The van der Waals surface area contributed by atoms with Gasteiger partial charge in [0.1, 0.15) is 17.4 Å². The number of aliphatic carboxylic acids is 1. The van der Waals surface area contributed by atoms with Crippen molar-refractivity contribution in [2.24, 2.45) is 5.92 Å². The summed E-state index contributed by atoms with van der Waals surface area (Å²) >= 11 is 0. The van der Waals surface area contributed by atoms with Gasteiger partial charge in [-0.15, -0.1) is 0 Å². The Morgan fingerprint density at radius 3 is 2.12 bits per heavy atom. The van der Waals surface area contributed by atoms with Crippen LogP contribution in [0.4, 0.5) is 8.78 Å². The molecule has 0 bridgehead atoms. The second-order valence-corrected chi connectivity index (χ2v) is 3.73. The highest BCUT2D eigenvalue weighted by Crippen LogP contribution is 2.19. The van der Waals surface area contributed by atoms with E-state index in [0.29, 0.717) is 6.07 Å². The lowest BCUT2D eigenvalue weighted by atomic mass is 10.1. The first-order valence-corrected chi connectivity index (χ1v) is 4.75. The summed E-state index contributed by atoms with van der Waals surface area (Å²) in [6.45, 7) is 3.29. The molecule has 1 aromatic rings. The summed E-state index contributed by atoms with van der Waals surface area (Å²) in [4.78, 5) is 10.8. The predicted octanol–water partition coefficient (Wildman–Crippen LogP) is 2.45. The Morgan fingerprint density at radius 1 is 1.25 bits per heavy atom. The van der Waals surface area contributed by atoms with Crippen LogP contribution in [0.1, 0.15) is 13.8 Å². The van der Waals surface area contributed by atoms with Crippen LogP contribution in [0, 0.1) is 17.6 Å². The third-order valence-electron chi connectivity index (χ3n) is 1.95. The molecule has 0 aromatic heterocycles. The standard InChI is InChI=1S/C11H12F2O3/c1-6(2)10(11(14)15)16-9-4-7(12)3-8(13)5-9/h3-6,10H,1-2H3,(H,14,15). The fourth-order valence-corrected chi connectivity index (χ4v) is 1.21. The summed E-state index contributed by atoms with van der Waals surface area (Å²) < 4.78 is 30.6. The van der Waals surface area contributed by atoms with E-state index in [0.717, 1.165) is 12.1 Å². The molecule has 1 rings (SSSR count). The number of hydrogen-bond donors (Lipinski definition) is 1. The minimum Gasteiger partial charge on any atom is -0.478 e. The number of carboxylic acid groups (broad SMARTS) is 1. The van der Waals surface area contributed by atoms with E-state index in [1.807, 2.05) is 0 Å². The third kappa shape index (κ3) is 3.18. The second kappa shape index (κ2) is 4.92. The molecular formula is C11H12F2O3. The van der Waals surface area contributed by atoms with Gasteiger partial charge in [-0.25, -0.2) is 13.6 Å². The molecule has 0 heterocycles. The van der Waals surface area contributed by atoms with Gasteiger partial charge in [0.2, 0.25) is 0 Å². The van der Waals surface area contributed by atoms with Crippen LogP contribution >= 0.6 is 0 Å². The molecule has 1 atom stereocenters. The van der Waals surface area contributed by atoms with Gasteiger partial charge in [-0.2, -0.15) is 0 Å². The van der Waals surface area contributed by atoms with Crippen molar-refractivity contribution in [2.45, 2.75) is 20.0 Å². The van der Waals surface area contributed by atoms with Crippen molar-refractivity contribution >= 4 is 5.97 Å². The van der Waals surface area contributed by atoms with Gasteiger partial charge in [-0.3, -0.25) is 0 Å². The zero-order valence-electron chi connectivity index (χ0n) is 8.91. The molecule has 0 saturated carbocycles. The normalized spacial score (nSPS) is 12.6. The molecule has 0 aliphatic carbocycles. The zero-order valence-corrected chi connectivity index (χ0v) is 8.91. The minimum absolute atomic E-state index is 0.126. The fraction of sp³-hybridized carbons (Fsp3) is 0.364. The van der Waals surface area contributed by atoms with Crippen LogP contribution < -0.4 is 4.74 Å². The molecule has 0 amide bonds. The van der Waals surface area contributed by atoms with Crippen LogP contribution in [-0.4, -0.2) is 17.2 Å². The maximum Gasteiger partial charge on any atom is 0.345 e. The SMILES string of the molecule is CC(C)C(Oc1cc(F)cc(F)c1)C(=O)O. The van der Waals surface area contributed by atoms with Crippen molar-refractivity contribution in [1.29, 1.82) is 0 Å². The van der Waals surface area contributed by atoms with Gasteiger partial charge in [0.15, 0.2) is 6.10 Å². The van der Waals surface area contributed by atoms with Crippen molar-refractivity contribution in [3.63, 3.8) is 0 Å². The van der Waals surface area contributed by atoms with E-state index in [1.54, 1.807) is 13.8 Å². The van der Waals surface area contributed by atoms with Gasteiger partial charge in [0.25, 0.3) is 0 Å². The van der Waals surface area contributed by atoms with Gasteiger partial charge < -0.3 is 9.84 Å². The van der Waals surface area contributed by atoms with E-state index in [4.69, 9.17) is 9.84 Å². The van der Waals surface area contributed by atoms with Gasteiger partial charge >= 0.3 is 5.97 Å². The van der Waals surface area contributed by atoms with Crippen molar-refractivity contribution < 1.29 is 23.4 Å². The average molecular weight is 230 g/mol. The largest absolute Gasteiger partial charge is 0.478 e. The lowest BCUT2D eigenvalue weighted by Gasteiger charge is -2.18. The number of halogens is 2. The van der Waals surface area contributed by atoms with E-state index >= 15 is 0 Å². The number of ether oxygens (including phenoxy) is 1. The van der Waals surface area contributed by atoms with Crippen LogP contribution in [0.3, 0.4) is 0 Å². The Labute approximate surface area is 91.7 Å². The van der Waals surface area contributed by atoms with Crippen molar-refractivity contribution in [3.8, 4) is 5.75 Å². The maximum atomic E-state index is 12.8. The minimum atomic E-state index is -1.17. The number of benzene rings is 1. The van der Waals surface area contributed by atoms with Gasteiger partial charge in [-0.05, 0) is 0 Å². The van der Waals surface area contributed by atoms with Crippen LogP contribution in [-0.2, 0) is 4.79 Å². The Balaban J connectivity index is 2.89. The first-order chi connectivity index (χ1) is 7.40. The first-order valence-electron chi connectivity index (χ1n) is 4.75. The molecule has 0 fully saturated rings. The highest BCUT2D eigenvalue weighted by molar-refractivity contribution is 5.73. The second-order valence-electron chi connectivity index (χ2n) is 3.73. The zero-order chi connectivity index (χ0) is 12.3. The molecule has 0 radical (unpaired) electrons. The lowest BCUT2D eigenvalue weighted by Crippen LogP contribution is -2.32. The van der Waals surface area contributed by atoms with Gasteiger partial charge in [0, 0.05) is 24.1 Å². The van der Waals surface area contributed by atoms with Gasteiger partial charge in [0.05, 0.1) is 0 Å². The van der Waals surface area contributed by atoms with E-state index in [9.17, 15) is 13.6 Å². The van der Waals surface area contributed by atoms with E-state index in [1.165, 1.54) is 0 Å². The Bertz CT molecular complexity index is 371. The fourth-order valence-electron chi connectivity index (χ4n) is 1.21. The molecule has 0 spiro atoms. The molecule has 1 aromatic carbocycles. The van der Waals surface area contributed by atoms with Crippen LogP contribution in [0.2, 0.25) is 0 Å². The van der Waals surface area contributed by atoms with Crippen molar-refractivity contribution in [2.75, 3.05) is 0 Å². The number of rotatable bonds is 4. The molecular weight excluding hydrogens is 218 g/mol. The first kappa shape index (κ1) is 12.4. The Morgan fingerprint density at radius 2 is 1.75 bits per heavy atom. The summed E-state index contributed by atoms with van der Waals surface area (Å²) in [5, 5.41) is 8.83. The highest BCUT2D eigenvalue weighted by Gasteiger charge is 2.23. The third-order valence-corrected chi connectivity index (χ3v) is 1.95. The van der Waals surface area contributed by atoms with E-state index in [-0.39, 0.29) is 11.7 Å². The highest BCUT2D eigenvalue weighted by atomic mass is 19.1. The summed E-state index contributed by atoms with van der Waals surface area (Å²) in [7, 11) is 0.